The highest BCUT2D eigenvalue weighted by Gasteiger charge is 2.08. The quantitative estimate of drug-likeness (QED) is 0.517. The van der Waals surface area contributed by atoms with Crippen LogP contribution in [-0.4, -0.2) is 47.4 Å². The molecule has 0 saturated heterocycles. The van der Waals surface area contributed by atoms with Crippen LogP contribution < -0.4 is 5.32 Å². The molecule has 3 N–H and O–H groups in total. The minimum atomic E-state index is -0.514. The maximum atomic E-state index is 11.0. The number of thioether (sulfide) groups is 1. The lowest BCUT2D eigenvalue weighted by Gasteiger charge is -2.12. The van der Waals surface area contributed by atoms with E-state index in [0.29, 0.717) is 6.42 Å². The molecule has 0 atom stereocenters. The monoisotopic (exact) mass is 193 g/mol. The Hall–Kier alpha value is -0.260. The molecule has 0 unspecified atom stereocenters. The van der Waals surface area contributed by atoms with Gasteiger partial charge in [-0.05, 0) is 6.26 Å². The Kier molecular flexibility index (Phi) is 7.23. The lowest BCUT2D eigenvalue weighted by Crippen LogP contribution is -2.40. The molecule has 0 saturated carbocycles. The van der Waals surface area contributed by atoms with E-state index in [1.54, 1.807) is 11.8 Å². The van der Waals surface area contributed by atoms with Gasteiger partial charge in [0.2, 0.25) is 5.91 Å². The van der Waals surface area contributed by atoms with E-state index in [-0.39, 0.29) is 19.1 Å². The van der Waals surface area contributed by atoms with Crippen molar-refractivity contribution in [3.8, 4) is 0 Å². The molecule has 5 heteroatoms. The molecule has 0 rings (SSSR count). The fraction of sp³-hybridized carbons (Fsp3) is 0.857. The number of nitrogens with one attached hydrogen (secondary N) is 1. The molecule has 0 radical (unpaired) electrons. The molecule has 0 bridgehead atoms. The third-order valence-electron chi connectivity index (χ3n) is 1.34. The van der Waals surface area contributed by atoms with Gasteiger partial charge in [0.25, 0.3) is 0 Å². The first-order valence-corrected chi connectivity index (χ1v) is 5.14. The molecule has 0 spiro atoms. The fourth-order valence-corrected chi connectivity index (χ4v) is 1.03. The van der Waals surface area contributed by atoms with Crippen LogP contribution in [0.1, 0.15) is 6.42 Å². The van der Waals surface area contributed by atoms with Gasteiger partial charge in [0, 0.05) is 12.2 Å². The summed E-state index contributed by atoms with van der Waals surface area (Å²) in [6, 6.07) is -0.514. The minimum absolute atomic E-state index is 0.127. The summed E-state index contributed by atoms with van der Waals surface area (Å²) in [5, 5.41) is 19.7. The zero-order chi connectivity index (χ0) is 9.40. The summed E-state index contributed by atoms with van der Waals surface area (Å²) in [6.07, 6.45) is 2.35. The molecule has 0 fully saturated rings. The molecular weight excluding hydrogens is 178 g/mol. The highest BCUT2D eigenvalue weighted by atomic mass is 32.2. The predicted octanol–water partition coefficient (Wildman–Crippen LogP) is -0.791. The Bertz CT molecular complexity index is 128. The van der Waals surface area contributed by atoms with Gasteiger partial charge >= 0.3 is 0 Å². The van der Waals surface area contributed by atoms with E-state index in [1.165, 1.54) is 0 Å². The van der Waals surface area contributed by atoms with Crippen molar-refractivity contribution >= 4 is 17.7 Å². The van der Waals surface area contributed by atoms with E-state index in [2.05, 4.69) is 5.32 Å². The van der Waals surface area contributed by atoms with Gasteiger partial charge in [-0.15, -0.1) is 0 Å². The Morgan fingerprint density at radius 1 is 1.50 bits per heavy atom. The van der Waals surface area contributed by atoms with Crippen LogP contribution in [0.5, 0.6) is 0 Å². The number of carbonyl (C=O) groups is 1. The Morgan fingerprint density at radius 2 is 2.08 bits per heavy atom. The van der Waals surface area contributed by atoms with Crippen LogP contribution in [0, 0.1) is 0 Å². The minimum Gasteiger partial charge on any atom is -0.394 e. The van der Waals surface area contributed by atoms with Crippen LogP contribution in [0.15, 0.2) is 0 Å². The molecule has 1 amide bonds. The average molecular weight is 193 g/mol. The van der Waals surface area contributed by atoms with Gasteiger partial charge in [0.15, 0.2) is 0 Å². The highest BCUT2D eigenvalue weighted by molar-refractivity contribution is 7.98. The maximum absolute atomic E-state index is 11.0. The van der Waals surface area contributed by atoms with Crippen molar-refractivity contribution in [3.63, 3.8) is 0 Å². The third-order valence-corrected chi connectivity index (χ3v) is 1.95. The molecule has 0 aliphatic heterocycles. The SMILES string of the molecule is CSCCC(=O)NC(CO)CO. The Balaban J connectivity index is 3.52. The summed E-state index contributed by atoms with van der Waals surface area (Å²) in [4.78, 5) is 11.0. The summed E-state index contributed by atoms with van der Waals surface area (Å²) in [7, 11) is 0. The van der Waals surface area contributed by atoms with E-state index in [4.69, 9.17) is 10.2 Å². The molecule has 12 heavy (non-hydrogen) atoms. The summed E-state index contributed by atoms with van der Waals surface area (Å²) in [5.41, 5.74) is 0. The van der Waals surface area contributed by atoms with E-state index in [0.717, 1.165) is 5.75 Å². The van der Waals surface area contributed by atoms with Crippen molar-refractivity contribution < 1.29 is 15.0 Å². The van der Waals surface area contributed by atoms with Gasteiger partial charge in [0.1, 0.15) is 0 Å². The molecule has 0 aliphatic carbocycles. The number of hydrogen-bond donors (Lipinski definition) is 3. The van der Waals surface area contributed by atoms with Crippen LogP contribution in [0.25, 0.3) is 0 Å². The zero-order valence-electron chi connectivity index (χ0n) is 7.12. The average Bonchev–Trinajstić information content (AvgIpc) is 2.10. The first-order chi connectivity index (χ1) is 5.74. The van der Waals surface area contributed by atoms with Crippen molar-refractivity contribution in [2.75, 3.05) is 25.2 Å². The molecule has 0 aromatic carbocycles. The number of aliphatic hydroxyl groups is 2. The van der Waals surface area contributed by atoms with E-state index < -0.39 is 6.04 Å². The van der Waals surface area contributed by atoms with Crippen LogP contribution in [0.3, 0.4) is 0 Å². The highest BCUT2D eigenvalue weighted by Crippen LogP contribution is 1.95. The first kappa shape index (κ1) is 11.7. The second kappa shape index (κ2) is 7.39. The Labute approximate surface area is 76.4 Å². The second-order valence-electron chi connectivity index (χ2n) is 2.37. The summed E-state index contributed by atoms with van der Waals surface area (Å²) in [6.45, 7) is -0.441. The molecule has 72 valence electrons. The van der Waals surface area contributed by atoms with Gasteiger partial charge in [-0.25, -0.2) is 0 Å². The van der Waals surface area contributed by atoms with E-state index in [9.17, 15) is 4.79 Å². The smallest absolute Gasteiger partial charge is 0.221 e. The van der Waals surface area contributed by atoms with Crippen molar-refractivity contribution in [2.45, 2.75) is 12.5 Å². The van der Waals surface area contributed by atoms with Crippen molar-refractivity contribution in [1.29, 1.82) is 0 Å². The molecular formula is C7H15NO3S. The van der Waals surface area contributed by atoms with E-state index in [1.807, 2.05) is 6.26 Å². The maximum Gasteiger partial charge on any atom is 0.221 e. The summed E-state index contributed by atoms with van der Waals surface area (Å²) < 4.78 is 0. The number of amides is 1. The van der Waals surface area contributed by atoms with Gasteiger partial charge in [-0.3, -0.25) is 4.79 Å². The lowest BCUT2D eigenvalue weighted by atomic mass is 10.3. The standard InChI is InChI=1S/C7H15NO3S/c1-12-3-2-7(11)8-6(4-9)5-10/h6,9-10H,2-5H2,1H3,(H,8,11). The summed E-state index contributed by atoms with van der Waals surface area (Å²) >= 11 is 1.59. The zero-order valence-corrected chi connectivity index (χ0v) is 7.93. The summed E-state index contributed by atoms with van der Waals surface area (Å²) in [5.74, 6) is 0.632. The van der Waals surface area contributed by atoms with Crippen LogP contribution in [-0.2, 0) is 4.79 Å². The van der Waals surface area contributed by atoms with Gasteiger partial charge < -0.3 is 15.5 Å². The van der Waals surface area contributed by atoms with Crippen molar-refractivity contribution in [2.24, 2.45) is 0 Å². The topological polar surface area (TPSA) is 69.6 Å². The largest absolute Gasteiger partial charge is 0.394 e. The van der Waals surface area contributed by atoms with Gasteiger partial charge in [0.05, 0.1) is 19.3 Å². The predicted molar refractivity (Wildman–Crippen MR) is 49.1 cm³/mol. The van der Waals surface area contributed by atoms with Crippen LogP contribution >= 0.6 is 11.8 Å². The van der Waals surface area contributed by atoms with Gasteiger partial charge in [-0.1, -0.05) is 0 Å². The van der Waals surface area contributed by atoms with Crippen molar-refractivity contribution in [1.82, 2.24) is 5.32 Å². The first-order valence-electron chi connectivity index (χ1n) is 3.74. The fourth-order valence-electron chi connectivity index (χ4n) is 0.644. The van der Waals surface area contributed by atoms with E-state index >= 15 is 0 Å². The van der Waals surface area contributed by atoms with Crippen molar-refractivity contribution in [3.05, 3.63) is 0 Å². The number of hydrogen-bond acceptors (Lipinski definition) is 4. The normalized spacial score (nSPS) is 10.3. The van der Waals surface area contributed by atoms with Gasteiger partial charge in [-0.2, -0.15) is 11.8 Å². The molecule has 0 aliphatic rings. The number of carbonyl (C=O) groups excluding carboxylic acids is 1. The molecule has 0 aromatic heterocycles. The van der Waals surface area contributed by atoms with Crippen LogP contribution in [0.2, 0.25) is 0 Å². The lowest BCUT2D eigenvalue weighted by molar-refractivity contribution is -0.122. The number of rotatable bonds is 6. The molecule has 0 heterocycles. The molecule has 0 aromatic rings. The Morgan fingerprint density at radius 3 is 2.50 bits per heavy atom. The number of aliphatic hydroxyl groups excluding tert-OH is 2. The molecule has 4 nitrogen and oxygen atoms in total. The third kappa shape index (κ3) is 5.40. The second-order valence-corrected chi connectivity index (χ2v) is 3.36. The van der Waals surface area contributed by atoms with Crippen LogP contribution in [0.4, 0.5) is 0 Å².